The number of carboxylic acid groups (broad SMARTS) is 3. The number of carboxylic acids is 3. The molecule has 162 valence electrons. The number of carbonyl (C=O) groups excluding carboxylic acids is 1. The van der Waals surface area contributed by atoms with Crippen molar-refractivity contribution in [3.8, 4) is 0 Å². The summed E-state index contributed by atoms with van der Waals surface area (Å²) in [6, 6.07) is -1.69. The highest BCUT2D eigenvalue weighted by atomic mass is 16.4. The Kier molecular flexibility index (Phi) is 9.62. The van der Waals surface area contributed by atoms with Gasteiger partial charge in [0.05, 0.1) is 5.97 Å². The normalized spacial score (nSPS) is 15.3. The fourth-order valence-electron chi connectivity index (χ4n) is 2.74. The molecular formula is C18H28N4O7. The number of hydrogen-bond acceptors (Lipinski definition) is 8. The maximum Gasteiger partial charge on any atom is 0.320 e. The Morgan fingerprint density at radius 2 is 1.59 bits per heavy atom. The Bertz CT molecular complexity index is 728. The Morgan fingerprint density at radius 3 is 2.14 bits per heavy atom. The number of rotatable bonds is 13. The van der Waals surface area contributed by atoms with Crippen LogP contribution in [-0.2, 0) is 33.8 Å². The van der Waals surface area contributed by atoms with Crippen molar-refractivity contribution in [2.24, 2.45) is 17.2 Å². The summed E-state index contributed by atoms with van der Waals surface area (Å²) in [4.78, 5) is 32.6. The molecule has 11 heteroatoms. The summed E-state index contributed by atoms with van der Waals surface area (Å²) < 4.78 is 1.65. The molecule has 0 aliphatic carbocycles. The first kappa shape index (κ1) is 24.4. The Morgan fingerprint density at radius 1 is 0.966 bits per heavy atom. The van der Waals surface area contributed by atoms with Gasteiger partial charge >= 0.3 is 11.9 Å². The maximum absolute atomic E-state index is 11.0. The number of carbonyl (C=O) groups is 3. The van der Waals surface area contributed by atoms with Crippen LogP contribution in [0.3, 0.4) is 0 Å². The Hall–Kier alpha value is -2.60. The summed E-state index contributed by atoms with van der Waals surface area (Å²) in [7, 11) is 0. The number of pyridine rings is 1. The second-order valence-corrected chi connectivity index (χ2v) is 6.98. The van der Waals surface area contributed by atoms with Gasteiger partial charge in [0.25, 0.3) is 0 Å². The largest absolute Gasteiger partial charge is 0.548 e. The second-order valence-electron chi connectivity index (χ2n) is 6.98. The molecule has 0 bridgehead atoms. The summed E-state index contributed by atoms with van der Waals surface area (Å²) in [6.07, 6.45) is 3.10. The first-order valence-corrected chi connectivity index (χ1v) is 9.13. The molecule has 0 saturated carbocycles. The van der Waals surface area contributed by atoms with E-state index < -0.39 is 42.1 Å². The number of nitrogens with two attached hydrogens (primary N) is 3. The van der Waals surface area contributed by atoms with E-state index >= 15 is 0 Å². The highest BCUT2D eigenvalue weighted by molar-refractivity contribution is 5.74. The van der Waals surface area contributed by atoms with Gasteiger partial charge in [-0.05, 0) is 37.7 Å². The van der Waals surface area contributed by atoms with E-state index in [1.165, 1.54) is 0 Å². The summed E-state index contributed by atoms with van der Waals surface area (Å²) in [5.41, 5.74) is 17.8. The molecule has 4 atom stereocenters. The van der Waals surface area contributed by atoms with Crippen molar-refractivity contribution in [2.45, 2.75) is 62.9 Å². The van der Waals surface area contributed by atoms with Gasteiger partial charge < -0.3 is 42.4 Å². The van der Waals surface area contributed by atoms with Crippen LogP contribution in [0, 0.1) is 0 Å². The molecule has 0 fully saturated rings. The molecule has 1 aromatic rings. The molecule has 1 aromatic heterocycles. The van der Waals surface area contributed by atoms with E-state index in [1.54, 1.807) is 23.0 Å². The van der Waals surface area contributed by atoms with E-state index in [0.717, 1.165) is 0 Å². The minimum absolute atomic E-state index is 0.0515. The molecule has 1 rings (SSSR count). The molecule has 0 radical (unpaired) electrons. The first-order valence-electron chi connectivity index (χ1n) is 9.13. The van der Waals surface area contributed by atoms with Crippen LogP contribution >= 0.6 is 0 Å². The fraction of sp³-hybridized carbons (Fsp3) is 0.556. The van der Waals surface area contributed by atoms with E-state index in [-0.39, 0.29) is 38.6 Å². The molecule has 0 amide bonds. The van der Waals surface area contributed by atoms with Gasteiger partial charge in [-0.2, -0.15) is 0 Å². The van der Waals surface area contributed by atoms with Crippen LogP contribution in [0.25, 0.3) is 0 Å². The number of hydrogen-bond donors (Lipinski definition) is 6. The second kappa shape index (κ2) is 11.4. The zero-order valence-corrected chi connectivity index (χ0v) is 15.9. The average Bonchev–Trinajstić information content (AvgIpc) is 2.65. The maximum atomic E-state index is 11.0. The lowest BCUT2D eigenvalue weighted by molar-refractivity contribution is -0.704. The SMILES string of the molecule is N[C@@H](CC[C@@H](O)C[n+]1ccc(C[C@H](N)C(=O)O)c(CC[C@H](N)C(=O)O)c1)C(=O)[O-]. The molecule has 29 heavy (non-hydrogen) atoms. The molecule has 0 aliphatic rings. The lowest BCUT2D eigenvalue weighted by atomic mass is 9.97. The van der Waals surface area contributed by atoms with Crippen molar-refractivity contribution in [2.75, 3.05) is 0 Å². The van der Waals surface area contributed by atoms with Crippen LogP contribution in [0.2, 0.25) is 0 Å². The number of aliphatic hydroxyl groups is 1. The van der Waals surface area contributed by atoms with Crippen molar-refractivity contribution in [1.82, 2.24) is 0 Å². The zero-order chi connectivity index (χ0) is 22.1. The predicted octanol–water partition coefficient (Wildman–Crippen LogP) is -3.51. The standard InChI is InChI=1S/C18H28N4O7/c19-13(16(24)25)3-1-11-8-22(6-5-10(11)7-15(21)18(28)29)9-12(23)2-4-14(20)17(26)27/h5-6,8,12-15,23H,1-4,7,9,19-21H2,(H2-,24,25,26,27,28,29)/t12-,13+,14+,15+/m1/s1. The lowest BCUT2D eigenvalue weighted by Gasteiger charge is -2.15. The third kappa shape index (κ3) is 8.52. The Labute approximate surface area is 167 Å². The number of aromatic nitrogens is 1. The van der Waals surface area contributed by atoms with Crippen LogP contribution in [0.1, 0.15) is 30.4 Å². The van der Waals surface area contributed by atoms with Gasteiger partial charge in [-0.1, -0.05) is 0 Å². The minimum atomic E-state index is -1.39. The molecule has 0 spiro atoms. The number of aliphatic hydroxyl groups excluding tert-OH is 1. The van der Waals surface area contributed by atoms with Gasteiger partial charge in [0.2, 0.25) is 0 Å². The molecule has 9 N–H and O–H groups in total. The number of aliphatic carboxylic acids is 3. The van der Waals surface area contributed by atoms with Crippen LogP contribution in [-0.4, -0.2) is 57.5 Å². The van der Waals surface area contributed by atoms with Gasteiger partial charge in [-0.15, -0.1) is 0 Å². The molecule has 0 aromatic carbocycles. The zero-order valence-electron chi connectivity index (χ0n) is 15.9. The predicted molar refractivity (Wildman–Crippen MR) is 98.1 cm³/mol. The molecule has 11 nitrogen and oxygen atoms in total. The van der Waals surface area contributed by atoms with Crippen molar-refractivity contribution >= 4 is 17.9 Å². The van der Waals surface area contributed by atoms with E-state index in [9.17, 15) is 24.6 Å². The summed E-state index contributed by atoms with van der Waals surface area (Å²) in [5, 5.41) is 38.7. The number of nitrogens with zero attached hydrogens (tertiary/aromatic N) is 1. The molecule has 0 unspecified atom stereocenters. The van der Waals surface area contributed by atoms with Gasteiger partial charge in [0.15, 0.2) is 18.9 Å². The fourth-order valence-corrected chi connectivity index (χ4v) is 2.74. The van der Waals surface area contributed by atoms with Crippen LogP contribution < -0.4 is 26.9 Å². The third-order valence-electron chi connectivity index (χ3n) is 4.54. The summed E-state index contributed by atoms with van der Waals surface area (Å²) in [6.45, 7) is 0.142. The highest BCUT2D eigenvalue weighted by Gasteiger charge is 2.20. The smallest absolute Gasteiger partial charge is 0.320 e. The quantitative estimate of drug-likeness (QED) is 0.175. The van der Waals surface area contributed by atoms with Gasteiger partial charge in [-0.3, -0.25) is 9.59 Å². The van der Waals surface area contributed by atoms with Crippen LogP contribution in [0.5, 0.6) is 0 Å². The monoisotopic (exact) mass is 412 g/mol. The van der Waals surface area contributed by atoms with Crippen molar-refractivity contribution in [3.05, 3.63) is 29.6 Å². The van der Waals surface area contributed by atoms with Gasteiger partial charge in [0.1, 0.15) is 18.2 Å². The van der Waals surface area contributed by atoms with E-state index in [1.807, 2.05) is 0 Å². The van der Waals surface area contributed by atoms with E-state index in [2.05, 4.69) is 0 Å². The molecule has 0 saturated heterocycles. The van der Waals surface area contributed by atoms with Gasteiger partial charge in [-0.25, -0.2) is 4.57 Å². The van der Waals surface area contributed by atoms with Crippen molar-refractivity contribution in [1.29, 1.82) is 0 Å². The summed E-state index contributed by atoms with van der Waals surface area (Å²) >= 11 is 0. The minimum Gasteiger partial charge on any atom is -0.548 e. The van der Waals surface area contributed by atoms with Crippen molar-refractivity contribution < 1.29 is 39.4 Å². The van der Waals surface area contributed by atoms with E-state index in [0.29, 0.717) is 11.1 Å². The van der Waals surface area contributed by atoms with Crippen molar-refractivity contribution in [3.63, 3.8) is 0 Å². The first-order chi connectivity index (χ1) is 13.5. The third-order valence-corrected chi connectivity index (χ3v) is 4.54. The Balaban J connectivity index is 2.90. The lowest BCUT2D eigenvalue weighted by Crippen LogP contribution is -2.44. The van der Waals surface area contributed by atoms with E-state index in [4.69, 9.17) is 27.4 Å². The van der Waals surface area contributed by atoms with Crippen LogP contribution in [0.15, 0.2) is 18.5 Å². The van der Waals surface area contributed by atoms with Crippen LogP contribution in [0.4, 0.5) is 0 Å². The highest BCUT2D eigenvalue weighted by Crippen LogP contribution is 2.13. The van der Waals surface area contributed by atoms with Gasteiger partial charge in [0, 0.05) is 17.7 Å². The summed E-state index contributed by atoms with van der Waals surface area (Å²) in [5.74, 6) is -3.69. The number of aryl methyl sites for hydroxylation is 1. The molecular weight excluding hydrogens is 384 g/mol. The molecule has 0 aliphatic heterocycles. The molecule has 1 heterocycles. The average molecular weight is 412 g/mol. The topological polar surface area (TPSA) is 217 Å².